The molecule has 0 radical (unpaired) electrons. The van der Waals surface area contributed by atoms with Gasteiger partial charge in [-0.2, -0.15) is 0 Å². The van der Waals surface area contributed by atoms with Gasteiger partial charge in [0.2, 0.25) is 5.95 Å². The zero-order valence-electron chi connectivity index (χ0n) is 14.5. The van der Waals surface area contributed by atoms with Crippen LogP contribution in [-0.2, 0) is 4.74 Å². The molecule has 0 aliphatic carbocycles. The van der Waals surface area contributed by atoms with Crippen molar-refractivity contribution in [3.8, 4) is 0 Å². The summed E-state index contributed by atoms with van der Waals surface area (Å²) in [6.45, 7) is 6.65. The van der Waals surface area contributed by atoms with Gasteiger partial charge in [0.15, 0.2) is 0 Å². The van der Waals surface area contributed by atoms with E-state index < -0.39 is 5.60 Å². The van der Waals surface area contributed by atoms with Gasteiger partial charge in [-0.1, -0.05) is 17.7 Å². The van der Waals surface area contributed by atoms with E-state index in [1.54, 1.807) is 11.1 Å². The average molecular weight is 361 g/mol. The van der Waals surface area contributed by atoms with Crippen LogP contribution in [0.2, 0.25) is 5.02 Å². The number of hydrogen-bond donors (Lipinski definition) is 1. The third-order valence-electron chi connectivity index (χ3n) is 3.89. The highest BCUT2D eigenvalue weighted by Gasteiger charge is 2.24. The molecule has 0 fully saturated rings. The lowest BCUT2D eigenvalue weighted by molar-refractivity contribution is 0.0270. The Morgan fingerprint density at radius 3 is 2.76 bits per heavy atom. The fraction of sp³-hybridized carbons (Fsp3) is 0.389. The van der Waals surface area contributed by atoms with Crippen molar-refractivity contribution in [3.05, 3.63) is 35.0 Å². The summed E-state index contributed by atoms with van der Waals surface area (Å²) in [7, 11) is 0. The first kappa shape index (κ1) is 17.5. The van der Waals surface area contributed by atoms with Gasteiger partial charge in [0.05, 0.1) is 5.52 Å². The van der Waals surface area contributed by atoms with E-state index in [4.69, 9.17) is 22.1 Å². The van der Waals surface area contributed by atoms with Crippen LogP contribution in [0.25, 0.3) is 16.5 Å². The van der Waals surface area contributed by atoms with Crippen molar-refractivity contribution in [2.24, 2.45) is 0 Å². The molecule has 1 aromatic heterocycles. The third-order valence-corrected chi connectivity index (χ3v) is 4.21. The van der Waals surface area contributed by atoms with Gasteiger partial charge in [0, 0.05) is 29.7 Å². The zero-order valence-corrected chi connectivity index (χ0v) is 15.3. The van der Waals surface area contributed by atoms with E-state index in [0.717, 1.165) is 22.0 Å². The van der Waals surface area contributed by atoms with Gasteiger partial charge in [0.1, 0.15) is 5.60 Å². The van der Waals surface area contributed by atoms with E-state index in [0.29, 0.717) is 24.5 Å². The molecule has 3 rings (SSSR count). The van der Waals surface area contributed by atoms with Crippen molar-refractivity contribution >= 4 is 40.1 Å². The molecule has 2 N–H and O–H groups in total. The molecule has 1 aliphatic rings. The lowest BCUT2D eigenvalue weighted by Crippen LogP contribution is -2.39. The molecular formula is C18H21ClN4O2. The summed E-state index contributed by atoms with van der Waals surface area (Å²) in [6, 6.07) is 3.76. The molecule has 0 spiro atoms. The number of nitrogens with zero attached hydrogens (tertiary/aromatic N) is 3. The maximum Gasteiger partial charge on any atom is 0.410 e. The standard InChI is InChI=1S/C18H21ClN4O2/c1-18(2,3)25-17(24)23-6-4-11(5-7-23)13-9-15-12(8-14(13)19)10-21-16(20)22-15/h4,8-10H,5-7H2,1-3H3,(H2,20,21,22). The van der Waals surface area contributed by atoms with Crippen molar-refractivity contribution in [2.45, 2.75) is 32.8 Å². The van der Waals surface area contributed by atoms with E-state index in [1.807, 2.05) is 39.0 Å². The summed E-state index contributed by atoms with van der Waals surface area (Å²) < 4.78 is 5.41. The zero-order chi connectivity index (χ0) is 18.2. The van der Waals surface area contributed by atoms with Crippen molar-refractivity contribution in [2.75, 3.05) is 18.8 Å². The largest absolute Gasteiger partial charge is 0.444 e. The number of carbonyl (C=O) groups excluding carboxylic acids is 1. The van der Waals surface area contributed by atoms with Crippen LogP contribution >= 0.6 is 11.6 Å². The number of aromatic nitrogens is 2. The van der Waals surface area contributed by atoms with E-state index in [1.165, 1.54) is 0 Å². The minimum atomic E-state index is -0.498. The first-order chi connectivity index (χ1) is 11.7. The second-order valence-corrected chi connectivity index (χ2v) is 7.43. The summed E-state index contributed by atoms with van der Waals surface area (Å²) >= 11 is 6.43. The molecule has 0 saturated carbocycles. The Balaban J connectivity index is 1.83. The summed E-state index contributed by atoms with van der Waals surface area (Å²) in [6.07, 6.45) is 4.07. The molecular weight excluding hydrogens is 340 g/mol. The van der Waals surface area contributed by atoms with Crippen LogP contribution < -0.4 is 5.73 Å². The maximum absolute atomic E-state index is 12.2. The first-order valence-corrected chi connectivity index (χ1v) is 8.50. The molecule has 0 bridgehead atoms. The molecule has 1 amide bonds. The molecule has 0 saturated heterocycles. The smallest absolute Gasteiger partial charge is 0.410 e. The fourth-order valence-corrected chi connectivity index (χ4v) is 3.01. The van der Waals surface area contributed by atoms with Crippen LogP contribution in [0.3, 0.4) is 0 Å². The Bertz CT molecular complexity index is 858. The second kappa shape index (κ2) is 6.52. The van der Waals surface area contributed by atoms with Crippen LogP contribution in [0.4, 0.5) is 10.7 Å². The van der Waals surface area contributed by atoms with E-state index in [9.17, 15) is 4.79 Å². The molecule has 25 heavy (non-hydrogen) atoms. The Morgan fingerprint density at radius 2 is 2.12 bits per heavy atom. The van der Waals surface area contributed by atoms with E-state index >= 15 is 0 Å². The molecule has 1 aliphatic heterocycles. The number of hydrogen-bond acceptors (Lipinski definition) is 5. The number of benzene rings is 1. The third kappa shape index (κ3) is 4.02. The molecule has 6 nitrogen and oxygen atoms in total. The van der Waals surface area contributed by atoms with Gasteiger partial charge in [-0.3, -0.25) is 0 Å². The average Bonchev–Trinajstić information content (AvgIpc) is 2.53. The van der Waals surface area contributed by atoms with Gasteiger partial charge in [0.25, 0.3) is 0 Å². The molecule has 132 valence electrons. The predicted molar refractivity (Wildman–Crippen MR) is 99.4 cm³/mol. The lowest BCUT2D eigenvalue weighted by atomic mass is 9.98. The van der Waals surface area contributed by atoms with E-state index in [-0.39, 0.29) is 12.0 Å². The lowest BCUT2D eigenvalue weighted by Gasteiger charge is -2.29. The molecule has 7 heteroatoms. The summed E-state index contributed by atoms with van der Waals surface area (Å²) in [5.74, 6) is 0.231. The summed E-state index contributed by atoms with van der Waals surface area (Å²) in [4.78, 5) is 22.1. The summed E-state index contributed by atoms with van der Waals surface area (Å²) in [5, 5.41) is 1.48. The Kier molecular flexibility index (Phi) is 4.56. The molecule has 0 unspecified atom stereocenters. The van der Waals surface area contributed by atoms with Gasteiger partial charge < -0.3 is 15.4 Å². The number of carbonyl (C=O) groups is 1. The van der Waals surface area contributed by atoms with Crippen LogP contribution in [0.1, 0.15) is 32.8 Å². The Hall–Kier alpha value is -2.34. The van der Waals surface area contributed by atoms with Crippen molar-refractivity contribution < 1.29 is 9.53 Å². The maximum atomic E-state index is 12.2. The molecule has 2 aromatic rings. The molecule has 1 aromatic carbocycles. The number of nitrogens with two attached hydrogens (primary N) is 1. The minimum absolute atomic E-state index is 0.231. The Labute approximate surface area is 151 Å². The van der Waals surface area contributed by atoms with Crippen LogP contribution in [0.5, 0.6) is 0 Å². The topological polar surface area (TPSA) is 81.3 Å². The normalized spacial score (nSPS) is 15.2. The fourth-order valence-electron chi connectivity index (χ4n) is 2.72. The van der Waals surface area contributed by atoms with Gasteiger partial charge in [-0.25, -0.2) is 14.8 Å². The highest BCUT2D eigenvalue weighted by Crippen LogP contribution is 2.32. The second-order valence-electron chi connectivity index (χ2n) is 7.02. The van der Waals surface area contributed by atoms with Gasteiger partial charge in [-0.15, -0.1) is 0 Å². The van der Waals surface area contributed by atoms with Crippen LogP contribution in [0, 0.1) is 0 Å². The Morgan fingerprint density at radius 1 is 1.36 bits per heavy atom. The number of fused-ring (bicyclic) bond motifs is 1. The number of nitrogen functional groups attached to an aromatic ring is 1. The van der Waals surface area contributed by atoms with Crippen molar-refractivity contribution in [3.63, 3.8) is 0 Å². The monoisotopic (exact) mass is 360 g/mol. The number of halogens is 1. The number of ether oxygens (including phenoxy) is 1. The van der Waals surface area contributed by atoms with Gasteiger partial charge >= 0.3 is 6.09 Å². The number of rotatable bonds is 1. The highest BCUT2D eigenvalue weighted by molar-refractivity contribution is 6.33. The van der Waals surface area contributed by atoms with Crippen molar-refractivity contribution in [1.29, 1.82) is 0 Å². The van der Waals surface area contributed by atoms with E-state index in [2.05, 4.69) is 9.97 Å². The van der Waals surface area contributed by atoms with Crippen LogP contribution in [-0.4, -0.2) is 39.7 Å². The quantitative estimate of drug-likeness (QED) is 0.834. The highest BCUT2D eigenvalue weighted by atomic mass is 35.5. The minimum Gasteiger partial charge on any atom is -0.444 e. The molecule has 0 atom stereocenters. The van der Waals surface area contributed by atoms with Crippen LogP contribution in [0.15, 0.2) is 24.4 Å². The van der Waals surface area contributed by atoms with Crippen molar-refractivity contribution in [1.82, 2.24) is 14.9 Å². The SMILES string of the molecule is CC(C)(C)OC(=O)N1CC=C(c2cc3nc(N)ncc3cc2Cl)CC1. The number of anilines is 1. The number of amides is 1. The first-order valence-electron chi connectivity index (χ1n) is 8.12. The predicted octanol–water partition coefficient (Wildman–Crippen LogP) is 3.89. The summed E-state index contributed by atoms with van der Waals surface area (Å²) in [5.41, 5.74) is 7.92. The van der Waals surface area contributed by atoms with Gasteiger partial charge in [-0.05, 0) is 50.5 Å². The molecule has 2 heterocycles.